The molecule has 1 aliphatic rings. The number of benzene rings is 2. The van der Waals surface area contributed by atoms with E-state index in [1.165, 1.54) is 12.1 Å². The average molecular weight is 512 g/mol. The largest absolute Gasteiger partial charge is 0.416 e. The Morgan fingerprint density at radius 2 is 1.76 bits per heavy atom. The molecule has 1 saturated heterocycles. The highest BCUT2D eigenvalue weighted by Gasteiger charge is 2.37. The lowest BCUT2D eigenvalue weighted by Crippen LogP contribution is -2.44. The average Bonchev–Trinajstić information content (AvgIpc) is 2.88. The molecule has 2 aromatic carbocycles. The minimum atomic E-state index is -4.56. The number of aryl methyl sites for hydroxylation is 1. The maximum absolute atomic E-state index is 13.8. The van der Waals surface area contributed by atoms with Crippen LogP contribution >= 0.6 is 0 Å². The zero-order valence-electron chi connectivity index (χ0n) is 21.1. The van der Waals surface area contributed by atoms with Gasteiger partial charge in [0.05, 0.1) is 41.3 Å². The third-order valence-corrected chi connectivity index (χ3v) is 7.24. The lowest BCUT2D eigenvalue weighted by Gasteiger charge is -2.41. The summed E-state index contributed by atoms with van der Waals surface area (Å²) in [6, 6.07) is 15.4. The SMILES string of the molecule is Cc1cc(-c2cc(C(F)(F)F)cc(C(C)OCC3(c4ccc(F)cc4)CCN(C)CC3)n2)ccc1C#N. The van der Waals surface area contributed by atoms with E-state index < -0.39 is 17.8 Å². The van der Waals surface area contributed by atoms with Crippen LogP contribution in [0.3, 0.4) is 0 Å². The fourth-order valence-electron chi connectivity index (χ4n) is 4.76. The molecular formula is C29H29F4N3O. The summed E-state index contributed by atoms with van der Waals surface area (Å²) in [6.45, 7) is 5.37. The first kappa shape index (κ1) is 26.8. The van der Waals surface area contributed by atoms with Crippen LogP contribution in [0.1, 0.15) is 53.8 Å². The Morgan fingerprint density at radius 1 is 1.08 bits per heavy atom. The molecule has 0 saturated carbocycles. The van der Waals surface area contributed by atoms with E-state index in [-0.39, 0.29) is 29.2 Å². The molecule has 4 rings (SSSR count). The van der Waals surface area contributed by atoms with E-state index in [0.717, 1.165) is 43.6 Å². The van der Waals surface area contributed by atoms with E-state index in [1.807, 2.05) is 7.05 Å². The molecule has 2 heterocycles. The van der Waals surface area contributed by atoms with Gasteiger partial charge in [0.15, 0.2) is 0 Å². The van der Waals surface area contributed by atoms with Gasteiger partial charge in [-0.25, -0.2) is 4.39 Å². The zero-order valence-corrected chi connectivity index (χ0v) is 21.1. The molecule has 0 radical (unpaired) electrons. The normalized spacial score (nSPS) is 16.8. The number of rotatable bonds is 6. The van der Waals surface area contributed by atoms with Crippen molar-refractivity contribution in [3.05, 3.63) is 88.4 Å². The maximum Gasteiger partial charge on any atom is 0.416 e. The second-order valence-corrected chi connectivity index (χ2v) is 9.85. The van der Waals surface area contributed by atoms with Crippen LogP contribution in [0.15, 0.2) is 54.6 Å². The van der Waals surface area contributed by atoms with Crippen molar-refractivity contribution in [3.63, 3.8) is 0 Å². The minimum absolute atomic E-state index is 0.167. The first-order chi connectivity index (χ1) is 17.5. The second-order valence-electron chi connectivity index (χ2n) is 9.85. The number of likely N-dealkylation sites (tertiary alicyclic amines) is 1. The third-order valence-electron chi connectivity index (χ3n) is 7.24. The van der Waals surface area contributed by atoms with Gasteiger partial charge >= 0.3 is 6.18 Å². The Bertz CT molecular complexity index is 1290. The van der Waals surface area contributed by atoms with E-state index in [0.29, 0.717) is 16.7 Å². The van der Waals surface area contributed by atoms with Crippen LogP contribution in [0, 0.1) is 24.1 Å². The van der Waals surface area contributed by atoms with E-state index in [9.17, 15) is 22.8 Å². The summed E-state index contributed by atoms with van der Waals surface area (Å²) in [5, 5.41) is 9.19. The lowest BCUT2D eigenvalue weighted by molar-refractivity contribution is -0.137. The number of alkyl halides is 3. The fraction of sp³-hybridized carbons (Fsp3) is 0.379. The molecule has 194 valence electrons. The monoisotopic (exact) mass is 511 g/mol. The van der Waals surface area contributed by atoms with Gasteiger partial charge < -0.3 is 9.64 Å². The molecule has 1 aromatic heterocycles. The maximum atomic E-state index is 13.8. The van der Waals surface area contributed by atoms with Crippen LogP contribution in [0.2, 0.25) is 0 Å². The predicted molar refractivity (Wildman–Crippen MR) is 133 cm³/mol. The number of aromatic nitrogens is 1. The molecule has 1 atom stereocenters. The number of pyridine rings is 1. The van der Waals surface area contributed by atoms with Crippen LogP contribution in [0.5, 0.6) is 0 Å². The first-order valence-electron chi connectivity index (χ1n) is 12.2. The van der Waals surface area contributed by atoms with Gasteiger partial charge in [-0.05, 0) is 94.4 Å². The molecule has 0 spiro atoms. The number of hydrogen-bond donors (Lipinski definition) is 0. The summed E-state index contributed by atoms with van der Waals surface area (Å²) in [5.41, 5.74) is 1.73. The number of halogens is 4. The van der Waals surface area contributed by atoms with E-state index in [4.69, 9.17) is 4.74 Å². The highest BCUT2D eigenvalue weighted by Crippen LogP contribution is 2.38. The smallest absolute Gasteiger partial charge is 0.371 e. The van der Waals surface area contributed by atoms with Crippen molar-refractivity contribution in [2.45, 2.75) is 44.4 Å². The fourth-order valence-corrected chi connectivity index (χ4v) is 4.76. The van der Waals surface area contributed by atoms with Crippen LogP contribution < -0.4 is 0 Å². The zero-order chi connectivity index (χ0) is 26.8. The van der Waals surface area contributed by atoms with Gasteiger partial charge in [0.2, 0.25) is 0 Å². The molecule has 3 aromatic rings. The van der Waals surface area contributed by atoms with Gasteiger partial charge in [-0.15, -0.1) is 0 Å². The Hall–Kier alpha value is -3.28. The Morgan fingerprint density at radius 3 is 2.35 bits per heavy atom. The van der Waals surface area contributed by atoms with Gasteiger partial charge in [0, 0.05) is 11.0 Å². The van der Waals surface area contributed by atoms with Crippen molar-refractivity contribution in [3.8, 4) is 17.3 Å². The number of nitrogens with zero attached hydrogens (tertiary/aromatic N) is 3. The molecule has 0 aliphatic carbocycles. The summed E-state index contributed by atoms with van der Waals surface area (Å²) in [5.74, 6) is -0.320. The summed E-state index contributed by atoms with van der Waals surface area (Å²) < 4.78 is 61.2. The molecule has 4 nitrogen and oxygen atoms in total. The summed E-state index contributed by atoms with van der Waals surface area (Å²) in [4.78, 5) is 6.74. The number of piperidine rings is 1. The molecule has 0 bridgehead atoms. The topological polar surface area (TPSA) is 49.1 Å². The van der Waals surface area contributed by atoms with Crippen molar-refractivity contribution in [2.24, 2.45) is 0 Å². The van der Waals surface area contributed by atoms with Gasteiger partial charge in [0.25, 0.3) is 0 Å². The van der Waals surface area contributed by atoms with Gasteiger partial charge in [-0.2, -0.15) is 18.4 Å². The Kier molecular flexibility index (Phi) is 7.67. The minimum Gasteiger partial charge on any atom is -0.371 e. The second kappa shape index (κ2) is 10.6. The standard InChI is InChI=1S/C29H29F4N3O/c1-19-14-21(4-5-22(19)17-34)27-16-24(29(31,32)33)15-26(35-27)20(2)37-18-28(10-12-36(3)13-11-28)23-6-8-25(30)9-7-23/h4-9,14-16,20H,10-13,18H2,1-3H3. The first-order valence-corrected chi connectivity index (χ1v) is 12.2. The highest BCUT2D eigenvalue weighted by atomic mass is 19.4. The number of ether oxygens (including phenoxy) is 1. The van der Waals surface area contributed by atoms with Crippen LogP contribution in [-0.4, -0.2) is 36.6 Å². The molecule has 0 N–H and O–H groups in total. The molecular weight excluding hydrogens is 482 g/mol. The van der Waals surface area contributed by atoms with Crippen molar-refractivity contribution < 1.29 is 22.3 Å². The molecule has 8 heteroatoms. The van der Waals surface area contributed by atoms with E-state index in [2.05, 4.69) is 16.0 Å². The summed E-state index contributed by atoms with van der Waals surface area (Å²) in [6.07, 6.45) is -3.70. The molecule has 1 unspecified atom stereocenters. The van der Waals surface area contributed by atoms with Gasteiger partial charge in [-0.1, -0.05) is 18.2 Å². The molecule has 0 amide bonds. The third kappa shape index (κ3) is 6.00. The lowest BCUT2D eigenvalue weighted by atomic mass is 9.73. The van der Waals surface area contributed by atoms with Crippen molar-refractivity contribution in [1.82, 2.24) is 9.88 Å². The molecule has 1 aliphatic heterocycles. The van der Waals surface area contributed by atoms with Crippen LogP contribution in [-0.2, 0) is 16.3 Å². The number of nitriles is 1. The van der Waals surface area contributed by atoms with Gasteiger partial charge in [0.1, 0.15) is 5.82 Å². The predicted octanol–water partition coefficient (Wildman–Crippen LogP) is 6.83. The van der Waals surface area contributed by atoms with Crippen molar-refractivity contribution in [2.75, 3.05) is 26.7 Å². The summed E-state index contributed by atoms with van der Waals surface area (Å²) >= 11 is 0. The molecule has 37 heavy (non-hydrogen) atoms. The number of hydrogen-bond acceptors (Lipinski definition) is 4. The summed E-state index contributed by atoms with van der Waals surface area (Å²) in [7, 11) is 2.04. The van der Waals surface area contributed by atoms with Crippen molar-refractivity contribution in [1.29, 1.82) is 5.26 Å². The Labute approximate surface area is 214 Å². The highest BCUT2D eigenvalue weighted by molar-refractivity contribution is 5.63. The Balaban J connectivity index is 1.65. The quantitative estimate of drug-likeness (QED) is 0.341. The van der Waals surface area contributed by atoms with Gasteiger partial charge in [-0.3, -0.25) is 4.98 Å². The van der Waals surface area contributed by atoms with Crippen molar-refractivity contribution >= 4 is 0 Å². The van der Waals surface area contributed by atoms with Crippen LogP contribution in [0.25, 0.3) is 11.3 Å². The van der Waals surface area contributed by atoms with E-state index in [1.54, 1.807) is 44.2 Å². The van der Waals surface area contributed by atoms with Crippen LogP contribution in [0.4, 0.5) is 17.6 Å². The molecule has 1 fully saturated rings. The van der Waals surface area contributed by atoms with E-state index >= 15 is 0 Å².